The number of nitrogens with one attached hydrogen (secondary N) is 1. The minimum Gasteiger partial charge on any atom is -0.455 e. The maximum absolute atomic E-state index is 13.0. The molecule has 1 saturated heterocycles. The fourth-order valence-electron chi connectivity index (χ4n) is 3.84. The molecule has 1 aromatic heterocycles. The molecule has 0 bridgehead atoms. The first-order valence-corrected chi connectivity index (χ1v) is 11.3. The number of carbonyl (C=O) groups excluding carboxylic acids is 1. The van der Waals surface area contributed by atoms with E-state index in [-0.39, 0.29) is 11.8 Å². The molecular weight excluding hydrogens is 406 g/mol. The molecule has 0 radical (unpaired) electrons. The normalized spacial score (nSPS) is 14.5. The summed E-state index contributed by atoms with van der Waals surface area (Å²) in [6.07, 6.45) is 1.62. The Labute approximate surface area is 185 Å². The average molecular weight is 430 g/mol. The van der Waals surface area contributed by atoms with Crippen LogP contribution in [0, 0.1) is 5.92 Å². The Morgan fingerprint density at radius 1 is 0.935 bits per heavy atom. The summed E-state index contributed by atoms with van der Waals surface area (Å²) >= 11 is 1.72. The number of hydrogen-bond acceptors (Lipinski definition) is 5. The SMILES string of the molecule is O=C(Nc1ccccc1Oc1ccccc1)C1CCN(c2nc3ccccc3s2)CC1. The molecule has 5 nitrogen and oxygen atoms in total. The molecule has 6 heteroatoms. The van der Waals surface area contributed by atoms with Crippen molar-refractivity contribution in [3.8, 4) is 11.5 Å². The quantitative estimate of drug-likeness (QED) is 0.426. The highest BCUT2D eigenvalue weighted by atomic mass is 32.1. The smallest absolute Gasteiger partial charge is 0.227 e. The van der Waals surface area contributed by atoms with Gasteiger partial charge in [-0.2, -0.15) is 0 Å². The molecule has 0 atom stereocenters. The lowest BCUT2D eigenvalue weighted by molar-refractivity contribution is -0.120. The molecule has 1 fully saturated rings. The molecule has 5 rings (SSSR count). The highest BCUT2D eigenvalue weighted by Gasteiger charge is 2.27. The van der Waals surface area contributed by atoms with Gasteiger partial charge in [0.15, 0.2) is 10.9 Å². The summed E-state index contributed by atoms with van der Waals surface area (Å²) < 4.78 is 7.17. The van der Waals surface area contributed by atoms with Gasteiger partial charge >= 0.3 is 0 Å². The number of para-hydroxylation sites is 4. The molecule has 0 spiro atoms. The summed E-state index contributed by atoms with van der Waals surface area (Å²) in [6.45, 7) is 1.67. The van der Waals surface area contributed by atoms with Crippen molar-refractivity contribution in [2.45, 2.75) is 12.8 Å². The van der Waals surface area contributed by atoms with Crippen molar-refractivity contribution in [2.24, 2.45) is 5.92 Å². The van der Waals surface area contributed by atoms with Gasteiger partial charge in [0, 0.05) is 19.0 Å². The molecule has 1 aliphatic heterocycles. The van der Waals surface area contributed by atoms with Gasteiger partial charge < -0.3 is 15.0 Å². The number of aromatic nitrogens is 1. The zero-order chi connectivity index (χ0) is 21.0. The van der Waals surface area contributed by atoms with Gasteiger partial charge in [-0.15, -0.1) is 0 Å². The molecule has 31 heavy (non-hydrogen) atoms. The summed E-state index contributed by atoms with van der Waals surface area (Å²) in [4.78, 5) is 20.0. The Morgan fingerprint density at radius 2 is 1.65 bits per heavy atom. The molecule has 0 aliphatic carbocycles. The summed E-state index contributed by atoms with van der Waals surface area (Å²) in [5.74, 6) is 1.42. The summed E-state index contributed by atoms with van der Waals surface area (Å²) in [5.41, 5.74) is 1.74. The van der Waals surface area contributed by atoms with Crippen LogP contribution in [0.5, 0.6) is 11.5 Å². The maximum Gasteiger partial charge on any atom is 0.227 e. The molecule has 0 saturated carbocycles. The van der Waals surface area contributed by atoms with Gasteiger partial charge in [0.05, 0.1) is 15.9 Å². The third-order valence-electron chi connectivity index (χ3n) is 5.53. The van der Waals surface area contributed by atoms with E-state index in [1.54, 1.807) is 11.3 Å². The Hall–Kier alpha value is -3.38. The molecule has 1 N–H and O–H groups in total. The van der Waals surface area contributed by atoms with Crippen molar-refractivity contribution in [1.29, 1.82) is 0 Å². The lowest BCUT2D eigenvalue weighted by Gasteiger charge is -2.31. The third-order valence-corrected chi connectivity index (χ3v) is 6.63. The van der Waals surface area contributed by atoms with E-state index in [0.29, 0.717) is 11.4 Å². The second kappa shape index (κ2) is 8.78. The molecule has 4 aromatic rings. The zero-order valence-electron chi connectivity index (χ0n) is 17.0. The van der Waals surface area contributed by atoms with Gasteiger partial charge in [-0.1, -0.05) is 53.8 Å². The van der Waals surface area contributed by atoms with Crippen LogP contribution in [0.4, 0.5) is 10.8 Å². The van der Waals surface area contributed by atoms with E-state index >= 15 is 0 Å². The van der Waals surface area contributed by atoms with E-state index in [0.717, 1.165) is 42.3 Å². The largest absolute Gasteiger partial charge is 0.455 e. The van der Waals surface area contributed by atoms with Crippen molar-refractivity contribution < 1.29 is 9.53 Å². The van der Waals surface area contributed by atoms with E-state index in [9.17, 15) is 4.79 Å². The van der Waals surface area contributed by atoms with Crippen LogP contribution >= 0.6 is 11.3 Å². The number of thiazole rings is 1. The van der Waals surface area contributed by atoms with Crippen LogP contribution in [-0.2, 0) is 4.79 Å². The van der Waals surface area contributed by atoms with E-state index in [1.807, 2.05) is 72.8 Å². The highest BCUT2D eigenvalue weighted by molar-refractivity contribution is 7.22. The van der Waals surface area contributed by atoms with Crippen LogP contribution in [0.15, 0.2) is 78.9 Å². The minimum absolute atomic E-state index is 0.0181. The second-order valence-corrected chi connectivity index (χ2v) is 8.64. The highest BCUT2D eigenvalue weighted by Crippen LogP contribution is 2.33. The molecule has 156 valence electrons. The number of rotatable bonds is 5. The van der Waals surface area contributed by atoms with E-state index in [2.05, 4.69) is 16.3 Å². The zero-order valence-corrected chi connectivity index (χ0v) is 17.8. The number of hydrogen-bond donors (Lipinski definition) is 1. The van der Waals surface area contributed by atoms with Gasteiger partial charge in [-0.25, -0.2) is 4.98 Å². The standard InChI is InChI=1S/C25H23N3O2S/c29-24(26-20-10-4-6-12-22(20)30-19-8-2-1-3-9-19)18-14-16-28(17-15-18)25-27-21-11-5-7-13-23(21)31-25/h1-13,18H,14-17H2,(H,26,29). The predicted octanol–water partition coefficient (Wildman–Crippen LogP) is 5.94. The molecule has 3 aromatic carbocycles. The monoisotopic (exact) mass is 429 g/mol. The fraction of sp³-hybridized carbons (Fsp3) is 0.200. The predicted molar refractivity (Wildman–Crippen MR) is 126 cm³/mol. The average Bonchev–Trinajstić information content (AvgIpc) is 3.25. The summed E-state index contributed by atoms with van der Waals surface area (Å²) in [5, 5.41) is 4.12. The minimum atomic E-state index is -0.0181. The summed E-state index contributed by atoms with van der Waals surface area (Å²) in [7, 11) is 0. The first-order chi connectivity index (χ1) is 15.3. The van der Waals surface area contributed by atoms with Crippen LogP contribution in [-0.4, -0.2) is 24.0 Å². The van der Waals surface area contributed by atoms with Crippen molar-refractivity contribution in [3.05, 3.63) is 78.9 Å². The first-order valence-electron chi connectivity index (χ1n) is 10.5. The van der Waals surface area contributed by atoms with Gasteiger partial charge in [0.25, 0.3) is 0 Å². The van der Waals surface area contributed by atoms with Crippen LogP contribution in [0.3, 0.4) is 0 Å². The number of nitrogens with zero attached hydrogens (tertiary/aromatic N) is 2. The topological polar surface area (TPSA) is 54.5 Å². The number of fused-ring (bicyclic) bond motifs is 1. The van der Waals surface area contributed by atoms with Crippen LogP contribution in [0.2, 0.25) is 0 Å². The maximum atomic E-state index is 13.0. The summed E-state index contributed by atoms with van der Waals surface area (Å²) in [6, 6.07) is 25.4. The second-order valence-electron chi connectivity index (χ2n) is 7.63. The molecule has 0 unspecified atom stereocenters. The fourth-order valence-corrected chi connectivity index (χ4v) is 4.85. The third kappa shape index (κ3) is 4.39. The van der Waals surface area contributed by atoms with Crippen molar-refractivity contribution in [1.82, 2.24) is 4.98 Å². The van der Waals surface area contributed by atoms with Crippen molar-refractivity contribution in [2.75, 3.05) is 23.3 Å². The number of ether oxygens (including phenoxy) is 1. The number of carbonyl (C=O) groups is 1. The van der Waals surface area contributed by atoms with Crippen molar-refractivity contribution in [3.63, 3.8) is 0 Å². The van der Waals surface area contributed by atoms with Crippen LogP contribution in [0.1, 0.15) is 12.8 Å². The van der Waals surface area contributed by atoms with Crippen LogP contribution < -0.4 is 15.0 Å². The molecular formula is C25H23N3O2S. The molecule has 2 heterocycles. The van der Waals surface area contributed by atoms with Crippen LogP contribution in [0.25, 0.3) is 10.2 Å². The Bertz CT molecular complexity index is 1150. The van der Waals surface area contributed by atoms with Gasteiger partial charge in [-0.05, 0) is 49.2 Å². The van der Waals surface area contributed by atoms with E-state index in [4.69, 9.17) is 9.72 Å². The number of benzene rings is 3. The lowest BCUT2D eigenvalue weighted by atomic mass is 9.96. The number of piperidine rings is 1. The Kier molecular flexibility index (Phi) is 5.54. The number of amides is 1. The Balaban J connectivity index is 1.22. The van der Waals surface area contributed by atoms with Crippen molar-refractivity contribution >= 4 is 38.3 Å². The Morgan fingerprint density at radius 3 is 2.45 bits per heavy atom. The number of anilines is 2. The van der Waals surface area contributed by atoms with Gasteiger partial charge in [0.1, 0.15) is 5.75 Å². The van der Waals surface area contributed by atoms with E-state index in [1.165, 1.54) is 4.70 Å². The molecule has 1 amide bonds. The van der Waals surface area contributed by atoms with Gasteiger partial charge in [0.2, 0.25) is 5.91 Å². The first kappa shape index (κ1) is 19.6. The molecule has 1 aliphatic rings. The lowest BCUT2D eigenvalue weighted by Crippen LogP contribution is -2.38. The van der Waals surface area contributed by atoms with E-state index < -0.39 is 0 Å². The van der Waals surface area contributed by atoms with Gasteiger partial charge in [-0.3, -0.25) is 4.79 Å².